The van der Waals surface area contributed by atoms with Crippen molar-refractivity contribution in [3.63, 3.8) is 0 Å². The Kier molecular flexibility index (Phi) is 2.77. The summed E-state index contributed by atoms with van der Waals surface area (Å²) in [6.45, 7) is 7.16. The van der Waals surface area contributed by atoms with E-state index in [-0.39, 0.29) is 5.69 Å². The molecular formula is C11H16N2O2. The van der Waals surface area contributed by atoms with Crippen LogP contribution < -0.4 is 5.69 Å². The molecule has 0 aliphatic carbocycles. The van der Waals surface area contributed by atoms with Crippen molar-refractivity contribution in [1.29, 1.82) is 0 Å². The minimum absolute atomic E-state index is 0.0858. The molecule has 0 radical (unpaired) electrons. The van der Waals surface area contributed by atoms with E-state index in [2.05, 4.69) is 11.6 Å². The van der Waals surface area contributed by atoms with Gasteiger partial charge in [-0.3, -0.25) is 4.57 Å². The van der Waals surface area contributed by atoms with Crippen molar-refractivity contribution < 1.29 is 4.74 Å². The molecule has 1 aliphatic rings. The van der Waals surface area contributed by atoms with E-state index in [0.29, 0.717) is 6.61 Å². The average Bonchev–Trinajstić information content (AvgIpc) is 2.40. The zero-order valence-electron chi connectivity index (χ0n) is 9.01. The number of allylic oxidation sites excluding steroid dienone is 1. The van der Waals surface area contributed by atoms with E-state index in [9.17, 15) is 4.79 Å². The summed E-state index contributed by atoms with van der Waals surface area (Å²) in [6, 6.07) is 0. The highest BCUT2D eigenvalue weighted by molar-refractivity contribution is 5.43. The third-order valence-corrected chi connectivity index (χ3v) is 2.76. The summed E-state index contributed by atoms with van der Waals surface area (Å²) in [5, 5.41) is 0. The van der Waals surface area contributed by atoms with Gasteiger partial charge in [0.2, 0.25) is 0 Å². The molecule has 1 aliphatic heterocycles. The zero-order valence-corrected chi connectivity index (χ0v) is 9.01. The molecule has 2 rings (SSSR count). The molecule has 4 heteroatoms. The standard InChI is InChI=1S/C11H16N2O2/c1-3-8(2)13-10-7-15-6-4-5-9(10)12-11(13)14/h2-7H2,1H3,(H,12,14). The lowest BCUT2D eigenvalue weighted by Crippen LogP contribution is -2.18. The summed E-state index contributed by atoms with van der Waals surface area (Å²) >= 11 is 0. The van der Waals surface area contributed by atoms with Crippen molar-refractivity contribution >= 4 is 5.70 Å². The number of hydrogen-bond donors (Lipinski definition) is 1. The number of H-pyrrole nitrogens is 1. The van der Waals surface area contributed by atoms with Gasteiger partial charge in [-0.05, 0) is 19.3 Å². The van der Waals surface area contributed by atoms with Crippen LogP contribution in [0.4, 0.5) is 0 Å². The Balaban J connectivity index is 2.49. The molecular weight excluding hydrogens is 192 g/mol. The first-order valence-electron chi connectivity index (χ1n) is 5.32. The quantitative estimate of drug-likeness (QED) is 0.801. The summed E-state index contributed by atoms with van der Waals surface area (Å²) in [5.41, 5.74) is 2.69. The summed E-state index contributed by atoms with van der Waals surface area (Å²) in [4.78, 5) is 14.6. The van der Waals surface area contributed by atoms with Gasteiger partial charge in [0.25, 0.3) is 0 Å². The molecule has 15 heavy (non-hydrogen) atoms. The van der Waals surface area contributed by atoms with E-state index in [1.54, 1.807) is 4.57 Å². The van der Waals surface area contributed by atoms with E-state index in [1.165, 1.54) is 0 Å². The van der Waals surface area contributed by atoms with Gasteiger partial charge in [-0.25, -0.2) is 4.79 Å². The molecule has 0 amide bonds. The number of rotatable bonds is 2. The number of ether oxygens (including phenoxy) is 1. The van der Waals surface area contributed by atoms with Crippen LogP contribution in [0.5, 0.6) is 0 Å². The van der Waals surface area contributed by atoms with Crippen molar-refractivity contribution in [3.05, 3.63) is 28.5 Å². The highest BCUT2D eigenvalue weighted by atomic mass is 16.5. The molecule has 82 valence electrons. The largest absolute Gasteiger partial charge is 0.375 e. The highest BCUT2D eigenvalue weighted by Gasteiger charge is 2.17. The van der Waals surface area contributed by atoms with Gasteiger partial charge < -0.3 is 9.72 Å². The molecule has 1 aromatic heterocycles. The van der Waals surface area contributed by atoms with Crippen LogP contribution in [0.3, 0.4) is 0 Å². The molecule has 2 heterocycles. The first-order valence-corrected chi connectivity index (χ1v) is 5.32. The molecule has 0 saturated heterocycles. The Bertz CT molecular complexity index is 428. The van der Waals surface area contributed by atoms with Crippen molar-refractivity contribution in [3.8, 4) is 0 Å². The second kappa shape index (κ2) is 4.06. The van der Waals surface area contributed by atoms with Crippen molar-refractivity contribution in [2.75, 3.05) is 6.61 Å². The molecule has 0 spiro atoms. The van der Waals surface area contributed by atoms with Gasteiger partial charge in [-0.15, -0.1) is 0 Å². The van der Waals surface area contributed by atoms with E-state index in [4.69, 9.17) is 4.74 Å². The van der Waals surface area contributed by atoms with Gasteiger partial charge in [0, 0.05) is 18.0 Å². The molecule has 0 saturated carbocycles. The van der Waals surface area contributed by atoms with Crippen LogP contribution in [0.15, 0.2) is 11.4 Å². The maximum Gasteiger partial charge on any atom is 0.330 e. The number of aromatic amines is 1. The molecule has 1 N–H and O–H groups in total. The summed E-state index contributed by atoms with van der Waals surface area (Å²) in [6.07, 6.45) is 2.62. The summed E-state index contributed by atoms with van der Waals surface area (Å²) < 4.78 is 7.10. The van der Waals surface area contributed by atoms with Crippen LogP contribution in [-0.4, -0.2) is 16.2 Å². The number of nitrogens with one attached hydrogen (secondary N) is 1. The van der Waals surface area contributed by atoms with Crippen molar-refractivity contribution in [2.45, 2.75) is 32.8 Å². The van der Waals surface area contributed by atoms with Gasteiger partial charge in [-0.1, -0.05) is 13.5 Å². The maximum absolute atomic E-state index is 11.7. The Hall–Kier alpha value is -1.29. The lowest BCUT2D eigenvalue weighted by atomic mass is 10.2. The predicted molar refractivity (Wildman–Crippen MR) is 58.7 cm³/mol. The van der Waals surface area contributed by atoms with Crippen LogP contribution in [0.2, 0.25) is 0 Å². The fraction of sp³-hybridized carbons (Fsp3) is 0.545. The topological polar surface area (TPSA) is 47.0 Å². The van der Waals surface area contributed by atoms with E-state index >= 15 is 0 Å². The second-order valence-electron chi connectivity index (χ2n) is 3.77. The van der Waals surface area contributed by atoms with Crippen LogP contribution in [-0.2, 0) is 17.8 Å². The normalized spacial score (nSPS) is 15.8. The summed E-state index contributed by atoms with van der Waals surface area (Å²) in [5.74, 6) is 0. The number of aryl methyl sites for hydroxylation is 1. The number of aromatic nitrogens is 2. The van der Waals surface area contributed by atoms with Gasteiger partial charge in [0.1, 0.15) is 0 Å². The van der Waals surface area contributed by atoms with E-state index in [0.717, 1.165) is 43.0 Å². The molecule has 0 fully saturated rings. The third-order valence-electron chi connectivity index (χ3n) is 2.76. The van der Waals surface area contributed by atoms with Crippen LogP contribution in [0, 0.1) is 0 Å². The number of fused-ring (bicyclic) bond motifs is 1. The maximum atomic E-state index is 11.7. The number of nitrogens with zero attached hydrogens (tertiary/aromatic N) is 1. The fourth-order valence-corrected chi connectivity index (χ4v) is 1.89. The number of hydrogen-bond acceptors (Lipinski definition) is 2. The average molecular weight is 208 g/mol. The molecule has 1 aromatic rings. The molecule has 0 bridgehead atoms. The van der Waals surface area contributed by atoms with E-state index < -0.39 is 0 Å². The number of imidazole rings is 1. The predicted octanol–water partition coefficient (Wildman–Crippen LogP) is 1.52. The molecule has 4 nitrogen and oxygen atoms in total. The van der Waals surface area contributed by atoms with Crippen molar-refractivity contribution in [2.24, 2.45) is 0 Å². The minimum Gasteiger partial charge on any atom is -0.375 e. The third kappa shape index (κ3) is 1.77. The van der Waals surface area contributed by atoms with Crippen LogP contribution in [0.25, 0.3) is 5.70 Å². The Morgan fingerprint density at radius 2 is 2.47 bits per heavy atom. The fourth-order valence-electron chi connectivity index (χ4n) is 1.89. The molecule has 0 atom stereocenters. The van der Waals surface area contributed by atoms with Crippen LogP contribution >= 0.6 is 0 Å². The van der Waals surface area contributed by atoms with Crippen LogP contribution in [0.1, 0.15) is 31.2 Å². The van der Waals surface area contributed by atoms with Gasteiger partial charge >= 0.3 is 5.69 Å². The Labute approximate surface area is 88.6 Å². The SMILES string of the molecule is C=C(CC)n1c2c([nH]c1=O)CCCOC2. The molecule has 0 aromatic carbocycles. The summed E-state index contributed by atoms with van der Waals surface area (Å²) in [7, 11) is 0. The Morgan fingerprint density at radius 3 is 3.20 bits per heavy atom. The zero-order chi connectivity index (χ0) is 10.8. The van der Waals surface area contributed by atoms with Gasteiger partial charge in [-0.2, -0.15) is 0 Å². The second-order valence-corrected chi connectivity index (χ2v) is 3.77. The highest BCUT2D eigenvalue weighted by Crippen LogP contribution is 2.17. The molecule has 0 unspecified atom stereocenters. The Morgan fingerprint density at radius 1 is 1.67 bits per heavy atom. The van der Waals surface area contributed by atoms with E-state index in [1.807, 2.05) is 6.92 Å². The lowest BCUT2D eigenvalue weighted by Gasteiger charge is -2.07. The first-order chi connectivity index (χ1) is 7.24. The minimum atomic E-state index is -0.0858. The lowest BCUT2D eigenvalue weighted by molar-refractivity contribution is 0.121. The van der Waals surface area contributed by atoms with Crippen molar-refractivity contribution in [1.82, 2.24) is 9.55 Å². The first kappa shape index (κ1) is 10.2. The van der Waals surface area contributed by atoms with Gasteiger partial charge in [0.05, 0.1) is 12.3 Å². The van der Waals surface area contributed by atoms with Gasteiger partial charge in [0.15, 0.2) is 0 Å². The smallest absolute Gasteiger partial charge is 0.330 e. The monoisotopic (exact) mass is 208 g/mol.